The van der Waals surface area contributed by atoms with Crippen molar-refractivity contribution in [1.29, 1.82) is 0 Å². The van der Waals surface area contributed by atoms with Crippen LogP contribution >= 0.6 is 0 Å². The number of carbonyl (C=O) groups excluding carboxylic acids is 1. The van der Waals surface area contributed by atoms with Gasteiger partial charge in [0, 0.05) is 37.6 Å². The van der Waals surface area contributed by atoms with Gasteiger partial charge in [0.25, 0.3) is 5.91 Å². The van der Waals surface area contributed by atoms with Crippen molar-refractivity contribution in [2.45, 2.75) is 17.7 Å². The number of hydrogen-bond donors (Lipinski definition) is 1. The van der Waals surface area contributed by atoms with Gasteiger partial charge in [-0.05, 0) is 49.2 Å². The summed E-state index contributed by atoms with van der Waals surface area (Å²) in [6, 6.07) is 10.3. The molecule has 0 saturated carbocycles. The van der Waals surface area contributed by atoms with Gasteiger partial charge in [0.15, 0.2) is 0 Å². The monoisotopic (exact) mass is 433 g/mol. The average molecular weight is 434 g/mol. The van der Waals surface area contributed by atoms with Crippen molar-refractivity contribution >= 4 is 27.3 Å². The maximum absolute atomic E-state index is 13.5. The summed E-state index contributed by atoms with van der Waals surface area (Å²) in [6.45, 7) is 2.85. The van der Waals surface area contributed by atoms with Crippen LogP contribution in [-0.2, 0) is 14.8 Å². The molecule has 1 N–H and O–H groups in total. The summed E-state index contributed by atoms with van der Waals surface area (Å²) in [6.07, 6.45) is 2.03. The van der Waals surface area contributed by atoms with E-state index in [0.29, 0.717) is 24.6 Å². The Labute approximate surface area is 175 Å². The highest BCUT2D eigenvalue weighted by atomic mass is 32.2. The quantitative estimate of drug-likeness (QED) is 0.785. The standard InChI is InChI=1S/C21H24FN3O4S/c22-16-4-3-5-17(14-16)23-21(26)19-15-18(6-7-20(19)24-8-1-2-9-24)30(27,28)25-10-12-29-13-11-25/h3-7,14-15H,1-2,8-13H2,(H,23,26). The van der Waals surface area contributed by atoms with Gasteiger partial charge >= 0.3 is 0 Å². The van der Waals surface area contributed by atoms with Crippen LogP contribution in [0.2, 0.25) is 0 Å². The first-order valence-electron chi connectivity index (χ1n) is 9.99. The van der Waals surface area contributed by atoms with E-state index >= 15 is 0 Å². The van der Waals surface area contributed by atoms with Gasteiger partial charge < -0.3 is 15.0 Å². The van der Waals surface area contributed by atoms with Gasteiger partial charge in [-0.15, -0.1) is 0 Å². The molecule has 0 aromatic heterocycles. The first kappa shape index (κ1) is 20.8. The van der Waals surface area contributed by atoms with Crippen molar-refractivity contribution in [1.82, 2.24) is 4.31 Å². The molecule has 2 heterocycles. The molecular weight excluding hydrogens is 409 g/mol. The predicted molar refractivity (Wildman–Crippen MR) is 112 cm³/mol. The fraction of sp³-hybridized carbons (Fsp3) is 0.381. The number of amides is 1. The number of anilines is 2. The number of sulfonamides is 1. The lowest BCUT2D eigenvalue weighted by molar-refractivity contribution is 0.0730. The number of hydrogen-bond acceptors (Lipinski definition) is 5. The highest BCUT2D eigenvalue weighted by Crippen LogP contribution is 2.29. The molecule has 2 aliphatic rings. The van der Waals surface area contributed by atoms with Crippen LogP contribution in [0.3, 0.4) is 0 Å². The molecule has 0 radical (unpaired) electrons. The number of halogens is 1. The predicted octanol–water partition coefficient (Wildman–Crippen LogP) is 2.70. The van der Waals surface area contributed by atoms with Crippen molar-refractivity contribution in [3.63, 3.8) is 0 Å². The molecule has 0 spiro atoms. The minimum absolute atomic E-state index is 0.0664. The van der Waals surface area contributed by atoms with Crippen molar-refractivity contribution in [2.75, 3.05) is 49.6 Å². The number of carbonyl (C=O) groups is 1. The van der Waals surface area contributed by atoms with E-state index < -0.39 is 21.7 Å². The van der Waals surface area contributed by atoms with Crippen LogP contribution in [0.15, 0.2) is 47.4 Å². The number of nitrogens with zero attached hydrogens (tertiary/aromatic N) is 2. The Kier molecular flexibility index (Phi) is 6.03. The Hall–Kier alpha value is -2.49. The first-order chi connectivity index (χ1) is 14.4. The average Bonchev–Trinajstić information content (AvgIpc) is 3.29. The second kappa shape index (κ2) is 8.71. The SMILES string of the molecule is O=C(Nc1cccc(F)c1)c1cc(S(=O)(=O)N2CCOCC2)ccc1N1CCCC1. The van der Waals surface area contributed by atoms with Crippen molar-refractivity contribution in [2.24, 2.45) is 0 Å². The van der Waals surface area contributed by atoms with Crippen molar-refractivity contribution in [3.05, 3.63) is 53.8 Å². The molecule has 2 aliphatic heterocycles. The Morgan fingerprint density at radius 3 is 2.43 bits per heavy atom. The van der Waals surface area contributed by atoms with Crippen molar-refractivity contribution in [3.8, 4) is 0 Å². The van der Waals surface area contributed by atoms with Gasteiger partial charge in [0.2, 0.25) is 10.0 Å². The number of nitrogens with one attached hydrogen (secondary N) is 1. The zero-order chi connectivity index (χ0) is 21.1. The summed E-state index contributed by atoms with van der Waals surface area (Å²) >= 11 is 0. The third-order valence-corrected chi connectivity index (χ3v) is 7.24. The maximum Gasteiger partial charge on any atom is 0.257 e. The van der Waals surface area contributed by atoms with Gasteiger partial charge in [0.1, 0.15) is 5.82 Å². The smallest absolute Gasteiger partial charge is 0.257 e. The Morgan fingerprint density at radius 1 is 1.00 bits per heavy atom. The first-order valence-corrected chi connectivity index (χ1v) is 11.4. The minimum atomic E-state index is -3.74. The van der Waals surface area contributed by atoms with Crippen LogP contribution in [0.5, 0.6) is 0 Å². The van der Waals surface area contributed by atoms with Crippen molar-refractivity contribution < 1.29 is 22.3 Å². The van der Waals surface area contributed by atoms with E-state index in [1.54, 1.807) is 18.2 Å². The zero-order valence-corrected chi connectivity index (χ0v) is 17.3. The zero-order valence-electron chi connectivity index (χ0n) is 16.5. The van der Waals surface area contributed by atoms with E-state index in [0.717, 1.165) is 25.9 Å². The highest BCUT2D eigenvalue weighted by molar-refractivity contribution is 7.89. The van der Waals surface area contributed by atoms with Crippen LogP contribution in [-0.4, -0.2) is 58.0 Å². The maximum atomic E-state index is 13.5. The number of morpholine rings is 1. The van der Waals surface area contributed by atoms with E-state index in [4.69, 9.17) is 4.74 Å². The summed E-state index contributed by atoms with van der Waals surface area (Å²) in [7, 11) is -3.74. The largest absolute Gasteiger partial charge is 0.379 e. The minimum Gasteiger partial charge on any atom is -0.379 e. The lowest BCUT2D eigenvalue weighted by atomic mass is 10.1. The van der Waals surface area contributed by atoms with Crippen LogP contribution in [0.25, 0.3) is 0 Å². The topological polar surface area (TPSA) is 79.0 Å². The number of benzene rings is 2. The molecule has 9 heteroatoms. The van der Waals surface area contributed by atoms with Gasteiger partial charge in [-0.2, -0.15) is 4.31 Å². The fourth-order valence-corrected chi connectivity index (χ4v) is 5.23. The van der Waals surface area contributed by atoms with Gasteiger partial charge in [0.05, 0.1) is 23.7 Å². The lowest BCUT2D eigenvalue weighted by Crippen LogP contribution is -2.40. The Bertz CT molecular complexity index is 1030. The van der Waals surface area contributed by atoms with Gasteiger partial charge in [-0.3, -0.25) is 4.79 Å². The summed E-state index contributed by atoms with van der Waals surface area (Å²) in [5.41, 5.74) is 1.26. The number of rotatable bonds is 5. The Morgan fingerprint density at radius 2 is 1.73 bits per heavy atom. The molecule has 30 heavy (non-hydrogen) atoms. The Balaban J connectivity index is 1.70. The van der Waals surface area contributed by atoms with E-state index in [-0.39, 0.29) is 23.5 Å². The van der Waals surface area contributed by atoms with Crippen LogP contribution in [0.1, 0.15) is 23.2 Å². The normalized spacial score (nSPS) is 17.8. The molecule has 7 nitrogen and oxygen atoms in total. The lowest BCUT2D eigenvalue weighted by Gasteiger charge is -2.27. The van der Waals surface area contributed by atoms with E-state index in [1.807, 2.05) is 0 Å². The molecule has 160 valence electrons. The third-order valence-electron chi connectivity index (χ3n) is 5.35. The highest BCUT2D eigenvalue weighted by Gasteiger charge is 2.29. The summed E-state index contributed by atoms with van der Waals surface area (Å²) in [4.78, 5) is 15.2. The summed E-state index contributed by atoms with van der Waals surface area (Å²) < 4.78 is 46.3. The van der Waals surface area contributed by atoms with E-state index in [2.05, 4.69) is 10.2 Å². The third kappa shape index (κ3) is 4.33. The van der Waals surface area contributed by atoms with E-state index in [9.17, 15) is 17.6 Å². The fourth-order valence-electron chi connectivity index (χ4n) is 3.79. The molecule has 4 rings (SSSR count). The molecule has 0 atom stereocenters. The molecule has 2 saturated heterocycles. The van der Waals surface area contributed by atoms with Crippen LogP contribution < -0.4 is 10.2 Å². The number of ether oxygens (including phenoxy) is 1. The second-order valence-electron chi connectivity index (χ2n) is 7.35. The molecular formula is C21H24FN3O4S. The van der Waals surface area contributed by atoms with Crippen LogP contribution in [0.4, 0.5) is 15.8 Å². The second-order valence-corrected chi connectivity index (χ2v) is 9.29. The van der Waals surface area contributed by atoms with E-state index in [1.165, 1.54) is 28.6 Å². The van der Waals surface area contributed by atoms with Gasteiger partial charge in [-0.25, -0.2) is 12.8 Å². The molecule has 0 unspecified atom stereocenters. The van der Waals surface area contributed by atoms with Crippen LogP contribution in [0, 0.1) is 5.82 Å². The molecule has 2 aromatic rings. The molecule has 2 fully saturated rings. The summed E-state index contributed by atoms with van der Waals surface area (Å²) in [5.74, 6) is -0.933. The summed E-state index contributed by atoms with van der Waals surface area (Å²) in [5, 5.41) is 2.69. The molecule has 0 bridgehead atoms. The van der Waals surface area contributed by atoms with Gasteiger partial charge in [-0.1, -0.05) is 6.07 Å². The molecule has 2 aromatic carbocycles. The molecule has 1 amide bonds. The molecule has 0 aliphatic carbocycles.